The predicted octanol–water partition coefficient (Wildman–Crippen LogP) is 2.47. The van der Waals surface area contributed by atoms with Crippen LogP contribution in [-0.4, -0.2) is 35.9 Å². The normalized spacial score (nSPS) is 24.5. The molecule has 110 valence electrons. The number of carboxylic acid groups (broad SMARTS) is 1. The highest BCUT2D eigenvalue weighted by Gasteiger charge is 2.47. The summed E-state index contributed by atoms with van der Waals surface area (Å²) >= 11 is 3.25. The lowest BCUT2D eigenvalue weighted by Crippen LogP contribution is -2.57. The number of hydrogen-bond acceptors (Lipinski definition) is 3. The zero-order chi connectivity index (χ0) is 15.0. The van der Waals surface area contributed by atoms with E-state index in [-0.39, 0.29) is 11.4 Å². The lowest BCUT2D eigenvalue weighted by molar-refractivity contribution is -0.149. The minimum atomic E-state index is -3.80. The van der Waals surface area contributed by atoms with Crippen LogP contribution >= 0.6 is 15.9 Å². The van der Waals surface area contributed by atoms with Gasteiger partial charge in [-0.05, 0) is 50.5 Å². The van der Waals surface area contributed by atoms with Crippen molar-refractivity contribution in [3.8, 4) is 0 Å². The van der Waals surface area contributed by atoms with Gasteiger partial charge in [-0.15, -0.1) is 0 Å². The van der Waals surface area contributed by atoms with Crippen molar-refractivity contribution in [1.29, 1.82) is 0 Å². The van der Waals surface area contributed by atoms with Crippen LogP contribution in [0.3, 0.4) is 0 Å². The van der Waals surface area contributed by atoms with Gasteiger partial charge in [-0.3, -0.25) is 4.79 Å². The molecule has 2 rings (SSSR count). The highest BCUT2D eigenvalue weighted by Crippen LogP contribution is 2.33. The molecule has 0 aromatic heterocycles. The van der Waals surface area contributed by atoms with Crippen molar-refractivity contribution >= 4 is 31.9 Å². The number of piperidine rings is 1. The molecule has 1 aromatic rings. The molecule has 1 saturated heterocycles. The Morgan fingerprint density at radius 3 is 2.45 bits per heavy atom. The van der Waals surface area contributed by atoms with E-state index in [0.29, 0.717) is 12.8 Å². The lowest BCUT2D eigenvalue weighted by atomic mass is 9.91. The van der Waals surface area contributed by atoms with Gasteiger partial charge in [0, 0.05) is 11.0 Å². The van der Waals surface area contributed by atoms with E-state index in [9.17, 15) is 18.3 Å². The summed E-state index contributed by atoms with van der Waals surface area (Å²) in [7, 11) is -3.80. The first-order valence-corrected chi connectivity index (χ1v) is 8.53. The van der Waals surface area contributed by atoms with Gasteiger partial charge in [-0.25, -0.2) is 8.42 Å². The maximum atomic E-state index is 12.7. The zero-order valence-electron chi connectivity index (χ0n) is 11.0. The number of nitrogens with zero attached hydrogens (tertiary/aromatic N) is 1. The molecular weight excluding hydrogens is 346 g/mol. The molecule has 0 bridgehead atoms. The molecule has 20 heavy (non-hydrogen) atoms. The topological polar surface area (TPSA) is 74.7 Å². The molecule has 0 amide bonds. The second-order valence-corrected chi connectivity index (χ2v) is 7.85. The SMILES string of the molecule is CC1(C(=O)O)CCCCN1S(=O)(=O)c1ccc(Br)cc1. The Balaban J connectivity index is 2.46. The summed E-state index contributed by atoms with van der Waals surface area (Å²) in [6.07, 6.45) is 1.73. The Morgan fingerprint density at radius 1 is 1.30 bits per heavy atom. The van der Waals surface area contributed by atoms with Crippen LogP contribution in [-0.2, 0) is 14.8 Å². The van der Waals surface area contributed by atoms with Crippen molar-refractivity contribution in [1.82, 2.24) is 4.31 Å². The van der Waals surface area contributed by atoms with E-state index in [1.165, 1.54) is 19.1 Å². The molecular formula is C13H16BrNO4S. The van der Waals surface area contributed by atoms with Crippen LogP contribution in [0.4, 0.5) is 0 Å². The Bertz CT molecular complexity index is 614. The number of aliphatic carboxylic acids is 1. The van der Waals surface area contributed by atoms with Crippen molar-refractivity contribution in [2.24, 2.45) is 0 Å². The van der Waals surface area contributed by atoms with Crippen LogP contribution in [0.1, 0.15) is 26.2 Å². The van der Waals surface area contributed by atoms with Crippen LogP contribution in [0.15, 0.2) is 33.6 Å². The van der Waals surface area contributed by atoms with Crippen molar-refractivity contribution in [3.63, 3.8) is 0 Å². The molecule has 1 atom stereocenters. The molecule has 1 aliphatic heterocycles. The summed E-state index contributed by atoms with van der Waals surface area (Å²) in [6.45, 7) is 1.71. The molecule has 1 heterocycles. The number of carboxylic acids is 1. The largest absolute Gasteiger partial charge is 0.480 e. The molecule has 0 saturated carbocycles. The van der Waals surface area contributed by atoms with Crippen LogP contribution in [0.2, 0.25) is 0 Å². The molecule has 1 N–H and O–H groups in total. The van der Waals surface area contributed by atoms with Crippen molar-refractivity contribution in [3.05, 3.63) is 28.7 Å². The smallest absolute Gasteiger partial charge is 0.324 e. The highest BCUT2D eigenvalue weighted by molar-refractivity contribution is 9.10. The summed E-state index contributed by atoms with van der Waals surface area (Å²) in [5.41, 5.74) is -1.37. The molecule has 1 aliphatic rings. The van der Waals surface area contributed by atoms with Crippen molar-refractivity contribution < 1.29 is 18.3 Å². The van der Waals surface area contributed by atoms with E-state index in [4.69, 9.17) is 0 Å². The summed E-state index contributed by atoms with van der Waals surface area (Å²) in [5, 5.41) is 9.41. The molecule has 5 nitrogen and oxygen atoms in total. The Hall–Kier alpha value is -0.920. The number of benzene rings is 1. The fourth-order valence-corrected chi connectivity index (χ4v) is 4.50. The first-order chi connectivity index (χ1) is 9.28. The third-order valence-corrected chi connectivity index (χ3v) is 6.25. The fourth-order valence-electron chi connectivity index (χ4n) is 2.43. The summed E-state index contributed by atoms with van der Waals surface area (Å²) < 4.78 is 27.2. The van der Waals surface area contributed by atoms with Crippen molar-refractivity contribution in [2.75, 3.05) is 6.54 Å². The number of rotatable bonds is 3. The minimum Gasteiger partial charge on any atom is -0.480 e. The van der Waals surface area contributed by atoms with Gasteiger partial charge in [0.25, 0.3) is 0 Å². The van der Waals surface area contributed by atoms with Crippen LogP contribution in [0, 0.1) is 0 Å². The maximum absolute atomic E-state index is 12.7. The van der Waals surface area contributed by atoms with E-state index in [1.807, 2.05) is 0 Å². The summed E-state index contributed by atoms with van der Waals surface area (Å²) in [6, 6.07) is 6.23. The molecule has 7 heteroatoms. The summed E-state index contributed by atoms with van der Waals surface area (Å²) in [4.78, 5) is 11.6. The number of halogens is 1. The Kier molecular flexibility index (Phi) is 4.22. The molecule has 1 unspecified atom stereocenters. The van der Waals surface area contributed by atoms with E-state index in [0.717, 1.165) is 15.2 Å². The highest BCUT2D eigenvalue weighted by atomic mass is 79.9. The van der Waals surface area contributed by atoms with Gasteiger partial charge in [-0.2, -0.15) is 4.31 Å². The van der Waals surface area contributed by atoms with Crippen molar-refractivity contribution in [2.45, 2.75) is 36.6 Å². The first-order valence-electron chi connectivity index (χ1n) is 6.30. The lowest BCUT2D eigenvalue weighted by Gasteiger charge is -2.40. The standard InChI is InChI=1S/C13H16BrNO4S/c1-13(12(16)17)8-2-3-9-15(13)20(18,19)11-6-4-10(14)5-7-11/h4-7H,2-3,8-9H2,1H3,(H,16,17). The van der Waals surface area contributed by atoms with Gasteiger partial charge in [0.2, 0.25) is 10.0 Å². The second-order valence-electron chi connectivity index (χ2n) is 5.07. The fraction of sp³-hybridized carbons (Fsp3) is 0.462. The quantitative estimate of drug-likeness (QED) is 0.897. The van der Waals surface area contributed by atoms with Gasteiger partial charge >= 0.3 is 5.97 Å². The van der Waals surface area contributed by atoms with Crippen LogP contribution in [0.5, 0.6) is 0 Å². The number of hydrogen-bond donors (Lipinski definition) is 1. The predicted molar refractivity (Wildman–Crippen MR) is 77.9 cm³/mol. The maximum Gasteiger partial charge on any atom is 0.324 e. The van der Waals surface area contributed by atoms with Gasteiger partial charge in [0.15, 0.2) is 0 Å². The van der Waals surface area contributed by atoms with E-state index >= 15 is 0 Å². The molecule has 0 spiro atoms. The molecule has 0 radical (unpaired) electrons. The van der Waals surface area contributed by atoms with E-state index < -0.39 is 21.5 Å². The monoisotopic (exact) mass is 361 g/mol. The average molecular weight is 362 g/mol. The van der Waals surface area contributed by atoms with Gasteiger partial charge < -0.3 is 5.11 Å². The number of carbonyl (C=O) groups is 1. The van der Waals surface area contributed by atoms with E-state index in [1.54, 1.807) is 12.1 Å². The number of sulfonamides is 1. The summed E-state index contributed by atoms with van der Waals surface area (Å²) in [5.74, 6) is -1.10. The molecule has 0 aliphatic carbocycles. The average Bonchev–Trinajstić information content (AvgIpc) is 2.39. The first kappa shape index (κ1) is 15.5. The van der Waals surface area contributed by atoms with Gasteiger partial charge in [0.1, 0.15) is 5.54 Å². The molecule has 1 fully saturated rings. The third kappa shape index (κ3) is 2.62. The van der Waals surface area contributed by atoms with Crippen LogP contribution in [0.25, 0.3) is 0 Å². The minimum absolute atomic E-state index is 0.120. The molecule has 1 aromatic carbocycles. The zero-order valence-corrected chi connectivity index (χ0v) is 13.4. The van der Waals surface area contributed by atoms with E-state index in [2.05, 4.69) is 15.9 Å². The van der Waals surface area contributed by atoms with Crippen LogP contribution < -0.4 is 0 Å². The van der Waals surface area contributed by atoms with Gasteiger partial charge in [0.05, 0.1) is 4.90 Å². The third-order valence-electron chi connectivity index (χ3n) is 3.69. The Labute approximate surface area is 126 Å². The second kappa shape index (κ2) is 5.46. The Morgan fingerprint density at radius 2 is 1.90 bits per heavy atom. The van der Waals surface area contributed by atoms with Gasteiger partial charge in [-0.1, -0.05) is 15.9 Å².